The molecule has 1 aliphatic rings. The molecule has 1 aliphatic heterocycles. The number of carbonyl (C=O) groups is 1. The van der Waals surface area contributed by atoms with Gasteiger partial charge in [-0.05, 0) is 43.0 Å². The number of nitrogens with one attached hydrogen (secondary N) is 2. The van der Waals surface area contributed by atoms with Gasteiger partial charge in [-0.2, -0.15) is 0 Å². The second kappa shape index (κ2) is 11.4. The number of amides is 1. The number of rotatable bonds is 6. The highest BCUT2D eigenvalue weighted by Crippen LogP contribution is 2.23. The Morgan fingerprint density at radius 3 is 2.69 bits per heavy atom. The van der Waals surface area contributed by atoms with Gasteiger partial charge >= 0.3 is 0 Å². The smallest absolute Gasteiger partial charge is 0.222 e. The summed E-state index contributed by atoms with van der Waals surface area (Å²) in [6.07, 6.45) is 2.23. The topological polar surface area (TPSA) is 69.9 Å². The quantitative estimate of drug-likeness (QED) is 0.205. The summed E-state index contributed by atoms with van der Waals surface area (Å²) in [5.74, 6) is 1.78. The van der Waals surface area contributed by atoms with Crippen LogP contribution in [0.5, 0.6) is 0 Å². The van der Waals surface area contributed by atoms with E-state index in [1.807, 2.05) is 42.2 Å². The zero-order chi connectivity index (χ0) is 21.6. The lowest BCUT2D eigenvalue weighted by atomic mass is 9.99. The lowest BCUT2D eigenvalue weighted by Gasteiger charge is -2.29. The van der Waals surface area contributed by atoms with Crippen LogP contribution in [-0.2, 0) is 17.8 Å². The van der Waals surface area contributed by atoms with Crippen LogP contribution in [0, 0.1) is 0 Å². The predicted octanol–water partition coefficient (Wildman–Crippen LogP) is 4.64. The summed E-state index contributed by atoms with van der Waals surface area (Å²) in [5.41, 5.74) is 3.51. The third kappa shape index (κ3) is 5.82. The van der Waals surface area contributed by atoms with Gasteiger partial charge in [0.1, 0.15) is 11.3 Å². The number of hydrogen-bond donors (Lipinski definition) is 2. The number of para-hydroxylation sites is 1. The van der Waals surface area contributed by atoms with Crippen LogP contribution in [-0.4, -0.2) is 36.9 Å². The largest absolute Gasteiger partial charge is 0.459 e. The first-order chi connectivity index (χ1) is 15.1. The summed E-state index contributed by atoms with van der Waals surface area (Å²) in [6, 6.07) is 18.4. The minimum Gasteiger partial charge on any atom is -0.459 e. The molecule has 2 N–H and O–H groups in total. The van der Waals surface area contributed by atoms with E-state index >= 15 is 0 Å². The summed E-state index contributed by atoms with van der Waals surface area (Å²) in [7, 11) is 1.75. The molecule has 6 nitrogen and oxygen atoms in total. The number of guanidine groups is 1. The van der Waals surface area contributed by atoms with Crippen LogP contribution in [0.15, 0.2) is 64.0 Å². The molecule has 1 atom stereocenters. The number of carbonyl (C=O) groups excluding carboxylic acids is 1. The molecule has 4 rings (SSSR count). The number of hydrogen-bond acceptors (Lipinski definition) is 3. The molecule has 1 aromatic heterocycles. The van der Waals surface area contributed by atoms with Gasteiger partial charge in [0.25, 0.3) is 0 Å². The van der Waals surface area contributed by atoms with Crippen molar-refractivity contribution in [3.8, 4) is 0 Å². The molecule has 0 radical (unpaired) electrons. The van der Waals surface area contributed by atoms with Gasteiger partial charge in [-0.3, -0.25) is 9.79 Å². The maximum absolute atomic E-state index is 12.6. The molecular weight excluding hydrogens is 515 g/mol. The Morgan fingerprint density at radius 2 is 1.91 bits per heavy atom. The minimum absolute atomic E-state index is 0. The van der Waals surface area contributed by atoms with Crippen LogP contribution in [0.25, 0.3) is 11.0 Å². The number of halogens is 1. The molecular formula is C25H31IN4O2. The van der Waals surface area contributed by atoms with Gasteiger partial charge in [-0.1, -0.05) is 42.5 Å². The maximum atomic E-state index is 12.6. The fourth-order valence-electron chi connectivity index (χ4n) is 4.00. The molecule has 2 aromatic carbocycles. The van der Waals surface area contributed by atoms with Crippen LogP contribution in [0.2, 0.25) is 0 Å². The zero-order valence-electron chi connectivity index (χ0n) is 18.6. The van der Waals surface area contributed by atoms with Gasteiger partial charge in [-0.15, -0.1) is 24.0 Å². The molecule has 2 heterocycles. The summed E-state index contributed by atoms with van der Waals surface area (Å²) < 4.78 is 5.93. The fraction of sp³-hybridized carbons (Fsp3) is 0.360. The molecule has 170 valence electrons. The van der Waals surface area contributed by atoms with Crippen LogP contribution >= 0.6 is 24.0 Å². The van der Waals surface area contributed by atoms with Crippen molar-refractivity contribution < 1.29 is 9.21 Å². The van der Waals surface area contributed by atoms with Crippen molar-refractivity contribution in [1.29, 1.82) is 0 Å². The normalized spacial score (nSPS) is 14.4. The van der Waals surface area contributed by atoms with Crippen molar-refractivity contribution in [2.24, 2.45) is 4.99 Å². The maximum Gasteiger partial charge on any atom is 0.222 e. The molecule has 1 unspecified atom stereocenters. The van der Waals surface area contributed by atoms with Crippen LogP contribution < -0.4 is 10.6 Å². The molecule has 0 fully saturated rings. The van der Waals surface area contributed by atoms with Crippen LogP contribution in [0.1, 0.15) is 42.7 Å². The summed E-state index contributed by atoms with van der Waals surface area (Å²) in [6.45, 7) is 4.26. The Labute approximate surface area is 206 Å². The summed E-state index contributed by atoms with van der Waals surface area (Å²) >= 11 is 0. The van der Waals surface area contributed by atoms with Crippen molar-refractivity contribution >= 4 is 46.8 Å². The third-order valence-corrected chi connectivity index (χ3v) is 5.79. The first-order valence-electron chi connectivity index (χ1n) is 10.9. The van der Waals surface area contributed by atoms with Gasteiger partial charge in [-0.25, -0.2) is 0 Å². The molecule has 7 heteroatoms. The van der Waals surface area contributed by atoms with Crippen molar-refractivity contribution in [2.45, 2.75) is 38.8 Å². The van der Waals surface area contributed by atoms with Crippen molar-refractivity contribution in [3.63, 3.8) is 0 Å². The summed E-state index contributed by atoms with van der Waals surface area (Å²) in [5, 5.41) is 7.75. The molecule has 0 saturated heterocycles. The Bertz CT molecular complexity index is 1050. The highest BCUT2D eigenvalue weighted by atomic mass is 127. The number of benzene rings is 2. The van der Waals surface area contributed by atoms with E-state index in [0.29, 0.717) is 18.9 Å². The van der Waals surface area contributed by atoms with E-state index in [0.717, 1.165) is 42.7 Å². The van der Waals surface area contributed by atoms with Gasteiger partial charge in [0, 0.05) is 38.5 Å². The van der Waals surface area contributed by atoms with Crippen LogP contribution in [0.4, 0.5) is 0 Å². The lowest BCUT2D eigenvalue weighted by molar-refractivity contribution is -0.132. The van der Waals surface area contributed by atoms with Crippen molar-refractivity contribution in [2.75, 3.05) is 20.1 Å². The highest BCUT2D eigenvalue weighted by molar-refractivity contribution is 14.0. The Kier molecular flexibility index (Phi) is 8.55. The Balaban J connectivity index is 0.00000289. The number of nitrogens with zero attached hydrogens (tertiary/aromatic N) is 2. The van der Waals surface area contributed by atoms with E-state index in [9.17, 15) is 4.79 Å². The second-order valence-corrected chi connectivity index (χ2v) is 7.99. The molecule has 0 spiro atoms. The molecule has 0 aliphatic carbocycles. The molecule has 0 saturated carbocycles. The SMILES string of the molecule is CN=C(NCCCC(=O)N1CCc2ccccc2C1)NC(C)c1cc2ccccc2o1.I. The van der Waals surface area contributed by atoms with E-state index in [1.54, 1.807) is 7.05 Å². The first kappa shape index (κ1) is 24.1. The monoisotopic (exact) mass is 546 g/mol. The second-order valence-electron chi connectivity index (χ2n) is 7.99. The van der Waals surface area contributed by atoms with Crippen LogP contribution in [0.3, 0.4) is 0 Å². The number of aliphatic imine (C=N–C) groups is 1. The van der Waals surface area contributed by atoms with Gasteiger partial charge in [0.2, 0.25) is 5.91 Å². The molecule has 32 heavy (non-hydrogen) atoms. The predicted molar refractivity (Wildman–Crippen MR) is 139 cm³/mol. The van der Waals surface area contributed by atoms with E-state index in [4.69, 9.17) is 4.42 Å². The summed E-state index contributed by atoms with van der Waals surface area (Å²) in [4.78, 5) is 18.9. The lowest BCUT2D eigenvalue weighted by Crippen LogP contribution is -2.40. The average molecular weight is 546 g/mol. The molecule has 0 bridgehead atoms. The van der Waals surface area contributed by atoms with E-state index < -0.39 is 0 Å². The van der Waals surface area contributed by atoms with Gasteiger partial charge < -0.3 is 20.0 Å². The minimum atomic E-state index is -0.0198. The standard InChI is InChI=1S/C25H30N4O2.HI/c1-18(23-16-20-9-5-6-11-22(20)31-23)28-25(26-2)27-14-7-12-24(30)29-15-13-19-8-3-4-10-21(19)17-29;/h3-6,8-11,16,18H,7,12-15,17H2,1-2H3,(H2,26,27,28);1H. The van der Waals surface area contributed by atoms with Crippen molar-refractivity contribution in [1.82, 2.24) is 15.5 Å². The fourth-order valence-corrected chi connectivity index (χ4v) is 4.00. The van der Waals surface area contributed by atoms with Gasteiger partial charge in [0.15, 0.2) is 5.96 Å². The number of furan rings is 1. The van der Waals surface area contributed by atoms with E-state index in [2.05, 4.69) is 39.9 Å². The van der Waals surface area contributed by atoms with E-state index in [-0.39, 0.29) is 35.9 Å². The third-order valence-electron chi connectivity index (χ3n) is 5.79. The zero-order valence-corrected chi connectivity index (χ0v) is 21.0. The van der Waals surface area contributed by atoms with E-state index in [1.165, 1.54) is 11.1 Å². The first-order valence-corrected chi connectivity index (χ1v) is 10.9. The highest BCUT2D eigenvalue weighted by Gasteiger charge is 2.20. The van der Waals surface area contributed by atoms with Gasteiger partial charge in [0.05, 0.1) is 6.04 Å². The molecule has 1 amide bonds. The molecule has 3 aromatic rings. The average Bonchev–Trinajstić information content (AvgIpc) is 3.25. The van der Waals surface area contributed by atoms with Crippen molar-refractivity contribution in [3.05, 3.63) is 71.5 Å². The number of fused-ring (bicyclic) bond motifs is 2. The Hall–Kier alpha value is -2.55. The Morgan fingerprint density at radius 1 is 1.16 bits per heavy atom.